The Hall–Kier alpha value is -2.42. The van der Waals surface area contributed by atoms with E-state index in [2.05, 4.69) is 15.4 Å². The zero-order chi connectivity index (χ0) is 21.4. The topological polar surface area (TPSA) is 104 Å². The van der Waals surface area contributed by atoms with Crippen molar-refractivity contribution in [2.24, 2.45) is 0 Å². The Kier molecular flexibility index (Phi) is 8.19. The van der Waals surface area contributed by atoms with Crippen LogP contribution in [-0.4, -0.2) is 32.8 Å². The third kappa shape index (κ3) is 6.56. The summed E-state index contributed by atoms with van der Waals surface area (Å²) in [6.07, 6.45) is 1.61. The van der Waals surface area contributed by atoms with Crippen LogP contribution in [0, 0.1) is 0 Å². The highest BCUT2D eigenvalue weighted by atomic mass is 35.5. The fourth-order valence-electron chi connectivity index (χ4n) is 2.44. The number of halogens is 1. The summed E-state index contributed by atoms with van der Waals surface area (Å²) in [6.45, 7) is 3.84. The minimum absolute atomic E-state index is 0.0548. The highest BCUT2D eigenvalue weighted by Gasteiger charge is 2.19. The van der Waals surface area contributed by atoms with Gasteiger partial charge < -0.3 is 10.6 Å². The molecule has 0 aliphatic heterocycles. The average Bonchev–Trinajstić information content (AvgIpc) is 2.68. The molecule has 29 heavy (non-hydrogen) atoms. The lowest BCUT2D eigenvalue weighted by molar-refractivity contribution is -0.117. The zero-order valence-electron chi connectivity index (χ0n) is 16.2. The Labute approximate surface area is 175 Å². The maximum Gasteiger partial charge on any atom is 0.253 e. The van der Waals surface area contributed by atoms with E-state index in [9.17, 15) is 18.0 Å². The van der Waals surface area contributed by atoms with E-state index in [0.717, 1.165) is 12.8 Å². The number of amides is 2. The molecule has 0 radical (unpaired) electrons. The summed E-state index contributed by atoms with van der Waals surface area (Å²) >= 11 is 5.99. The van der Waals surface area contributed by atoms with Crippen LogP contribution in [0.3, 0.4) is 0 Å². The van der Waals surface area contributed by atoms with Crippen LogP contribution in [0.25, 0.3) is 0 Å². The van der Waals surface area contributed by atoms with E-state index in [-0.39, 0.29) is 15.5 Å². The van der Waals surface area contributed by atoms with E-state index in [4.69, 9.17) is 11.6 Å². The van der Waals surface area contributed by atoms with Crippen molar-refractivity contribution in [3.05, 3.63) is 59.1 Å². The van der Waals surface area contributed by atoms with Crippen molar-refractivity contribution < 1.29 is 18.0 Å². The van der Waals surface area contributed by atoms with Gasteiger partial charge in [-0.1, -0.05) is 43.1 Å². The molecule has 2 aromatic carbocycles. The minimum atomic E-state index is -3.66. The summed E-state index contributed by atoms with van der Waals surface area (Å²) in [6, 6.07) is 11.6. The number of hydrogen-bond donors (Lipinski definition) is 3. The van der Waals surface area contributed by atoms with Crippen molar-refractivity contribution in [1.82, 2.24) is 10.0 Å². The second-order valence-corrected chi connectivity index (χ2v) is 8.62. The van der Waals surface area contributed by atoms with Crippen LogP contribution in [0.1, 0.15) is 37.0 Å². The quantitative estimate of drug-likeness (QED) is 0.524. The lowest BCUT2D eigenvalue weighted by atomic mass is 10.2. The van der Waals surface area contributed by atoms with E-state index >= 15 is 0 Å². The second kappa shape index (κ2) is 10.4. The summed E-state index contributed by atoms with van der Waals surface area (Å²) in [5.74, 6) is -0.964. The lowest BCUT2D eigenvalue weighted by Crippen LogP contribution is -2.41. The van der Waals surface area contributed by atoms with Crippen molar-refractivity contribution in [3.8, 4) is 0 Å². The van der Waals surface area contributed by atoms with Crippen LogP contribution in [0.15, 0.2) is 53.4 Å². The molecule has 7 nitrogen and oxygen atoms in total. The van der Waals surface area contributed by atoms with Gasteiger partial charge in [-0.05, 0) is 43.7 Å². The van der Waals surface area contributed by atoms with Crippen LogP contribution in [0.4, 0.5) is 5.69 Å². The van der Waals surface area contributed by atoms with Crippen LogP contribution < -0.4 is 15.4 Å². The van der Waals surface area contributed by atoms with Gasteiger partial charge in [-0.3, -0.25) is 9.59 Å². The largest absolute Gasteiger partial charge is 0.340 e. The van der Waals surface area contributed by atoms with E-state index in [1.807, 2.05) is 6.92 Å². The molecule has 2 amide bonds. The molecule has 1 unspecified atom stereocenters. The van der Waals surface area contributed by atoms with Gasteiger partial charge in [-0.15, -0.1) is 0 Å². The number of sulfonamides is 1. The van der Waals surface area contributed by atoms with Crippen molar-refractivity contribution in [2.75, 3.05) is 11.9 Å². The molecule has 0 saturated carbocycles. The maximum atomic E-state index is 12.4. The fraction of sp³-hybridized carbons (Fsp3) is 0.300. The van der Waals surface area contributed by atoms with Gasteiger partial charge in [0.25, 0.3) is 5.91 Å². The summed E-state index contributed by atoms with van der Waals surface area (Å²) in [5.41, 5.74) is 0.576. The molecule has 2 rings (SSSR count). The molecule has 0 aliphatic carbocycles. The number of nitrogens with one attached hydrogen (secondary N) is 3. The highest BCUT2D eigenvalue weighted by Crippen LogP contribution is 2.17. The van der Waals surface area contributed by atoms with Crippen LogP contribution in [-0.2, 0) is 14.8 Å². The molecule has 0 saturated heterocycles. The number of benzene rings is 2. The number of carbonyl (C=O) groups is 2. The first-order valence-corrected chi connectivity index (χ1v) is 11.1. The first kappa shape index (κ1) is 22.9. The number of carbonyl (C=O) groups excluding carboxylic acids is 2. The molecule has 9 heteroatoms. The molecule has 0 fully saturated rings. The SMILES string of the molecule is CCCCNS(=O)(=O)c1cccc(NC(=O)C(C)NC(=O)c2ccccc2Cl)c1. The van der Waals surface area contributed by atoms with E-state index < -0.39 is 27.9 Å². The van der Waals surface area contributed by atoms with Gasteiger partial charge in [0.15, 0.2) is 0 Å². The van der Waals surface area contributed by atoms with Crippen molar-refractivity contribution in [1.29, 1.82) is 0 Å². The Morgan fingerprint density at radius 2 is 1.83 bits per heavy atom. The van der Waals surface area contributed by atoms with Gasteiger partial charge >= 0.3 is 0 Å². The Balaban J connectivity index is 2.03. The van der Waals surface area contributed by atoms with Crippen molar-refractivity contribution >= 4 is 39.1 Å². The first-order valence-electron chi connectivity index (χ1n) is 9.20. The Bertz CT molecular complexity index is 979. The molecule has 0 aliphatic rings. The van der Waals surface area contributed by atoms with Gasteiger partial charge in [-0.25, -0.2) is 13.1 Å². The van der Waals surface area contributed by atoms with Crippen molar-refractivity contribution in [2.45, 2.75) is 37.6 Å². The lowest BCUT2D eigenvalue weighted by Gasteiger charge is -2.15. The van der Waals surface area contributed by atoms with Gasteiger partial charge in [0.05, 0.1) is 15.5 Å². The molecular formula is C20H24ClN3O4S. The highest BCUT2D eigenvalue weighted by molar-refractivity contribution is 7.89. The molecule has 156 valence electrons. The van der Waals surface area contributed by atoms with Gasteiger partial charge in [0.2, 0.25) is 15.9 Å². The zero-order valence-corrected chi connectivity index (χ0v) is 17.8. The first-order chi connectivity index (χ1) is 13.7. The van der Waals surface area contributed by atoms with Gasteiger partial charge in [-0.2, -0.15) is 0 Å². The van der Waals surface area contributed by atoms with Crippen LogP contribution >= 0.6 is 11.6 Å². The monoisotopic (exact) mass is 437 g/mol. The minimum Gasteiger partial charge on any atom is -0.340 e. The van der Waals surface area contributed by atoms with Crippen LogP contribution in [0.2, 0.25) is 5.02 Å². The molecule has 0 spiro atoms. The normalized spacial score (nSPS) is 12.2. The molecule has 3 N–H and O–H groups in total. The summed E-state index contributed by atoms with van der Waals surface area (Å²) in [5, 5.41) is 5.47. The number of hydrogen-bond acceptors (Lipinski definition) is 4. The average molecular weight is 438 g/mol. The third-order valence-corrected chi connectivity index (χ3v) is 5.88. The van der Waals surface area contributed by atoms with E-state index in [0.29, 0.717) is 12.2 Å². The summed E-state index contributed by atoms with van der Waals surface area (Å²) in [7, 11) is -3.66. The molecule has 1 atom stereocenters. The van der Waals surface area contributed by atoms with Gasteiger partial charge in [0, 0.05) is 12.2 Å². The molecule has 0 heterocycles. The summed E-state index contributed by atoms with van der Waals surface area (Å²) < 4.78 is 27.2. The Morgan fingerprint density at radius 3 is 2.52 bits per heavy atom. The number of rotatable bonds is 9. The maximum absolute atomic E-state index is 12.4. The number of anilines is 1. The number of unbranched alkanes of at least 4 members (excludes halogenated alkanes) is 1. The predicted octanol–water partition coefficient (Wildman–Crippen LogP) is 3.18. The molecule has 0 aromatic heterocycles. The molecule has 2 aromatic rings. The summed E-state index contributed by atoms with van der Waals surface area (Å²) in [4.78, 5) is 24.7. The predicted molar refractivity (Wildman–Crippen MR) is 114 cm³/mol. The molecule has 0 bridgehead atoms. The van der Waals surface area contributed by atoms with Gasteiger partial charge in [0.1, 0.15) is 6.04 Å². The van der Waals surface area contributed by atoms with Crippen LogP contribution in [0.5, 0.6) is 0 Å². The van der Waals surface area contributed by atoms with Crippen molar-refractivity contribution in [3.63, 3.8) is 0 Å². The second-order valence-electron chi connectivity index (χ2n) is 6.44. The molecular weight excluding hydrogens is 414 g/mol. The standard InChI is InChI=1S/C20H24ClN3O4S/c1-3-4-12-22-29(27,28)16-9-7-8-15(13-16)24-19(25)14(2)23-20(26)17-10-5-6-11-18(17)21/h5-11,13-14,22H,3-4,12H2,1-2H3,(H,23,26)(H,24,25). The third-order valence-electron chi connectivity index (χ3n) is 4.09. The smallest absolute Gasteiger partial charge is 0.253 e. The Morgan fingerprint density at radius 1 is 1.10 bits per heavy atom. The van der Waals surface area contributed by atoms with E-state index in [1.54, 1.807) is 30.3 Å². The fourth-order valence-corrected chi connectivity index (χ4v) is 3.78. The van der Waals surface area contributed by atoms with E-state index in [1.165, 1.54) is 25.1 Å².